The molecule has 0 fully saturated rings. The molecule has 23 heavy (non-hydrogen) atoms. The summed E-state index contributed by atoms with van der Waals surface area (Å²) in [6.07, 6.45) is 5.78. The third-order valence-corrected chi connectivity index (χ3v) is 4.74. The van der Waals surface area contributed by atoms with Crippen molar-refractivity contribution in [1.29, 1.82) is 0 Å². The van der Waals surface area contributed by atoms with Gasteiger partial charge in [0.05, 0.1) is 24.6 Å². The van der Waals surface area contributed by atoms with Crippen LogP contribution < -0.4 is 9.47 Å². The molecule has 1 aliphatic heterocycles. The molecular weight excluding hydrogens is 308 g/mol. The molecule has 4 nitrogen and oxygen atoms in total. The minimum absolute atomic E-state index is 0.136. The fraction of sp³-hybridized carbons (Fsp3) is 0.167. The van der Waals surface area contributed by atoms with Crippen LogP contribution in [0, 0.1) is 0 Å². The van der Waals surface area contributed by atoms with E-state index in [1.54, 1.807) is 29.4 Å². The van der Waals surface area contributed by atoms with Gasteiger partial charge in [0.1, 0.15) is 11.5 Å². The van der Waals surface area contributed by atoms with Gasteiger partial charge in [0.2, 0.25) is 0 Å². The molecule has 3 aromatic rings. The smallest absolute Gasteiger partial charge is 0.131 e. The van der Waals surface area contributed by atoms with Gasteiger partial charge in [0, 0.05) is 24.7 Å². The highest BCUT2D eigenvalue weighted by Gasteiger charge is 2.27. The van der Waals surface area contributed by atoms with E-state index in [2.05, 4.69) is 28.0 Å². The average Bonchev–Trinajstić information content (AvgIpc) is 3.24. The minimum Gasteiger partial charge on any atom is -0.496 e. The first-order valence-corrected chi connectivity index (χ1v) is 8.28. The molecule has 1 unspecified atom stereocenters. The van der Waals surface area contributed by atoms with Crippen LogP contribution in [0.3, 0.4) is 0 Å². The van der Waals surface area contributed by atoms with Crippen molar-refractivity contribution < 1.29 is 9.47 Å². The number of hydrogen-bond donors (Lipinski definition) is 0. The first-order valence-electron chi connectivity index (χ1n) is 7.34. The van der Waals surface area contributed by atoms with Crippen molar-refractivity contribution >= 4 is 11.3 Å². The highest BCUT2D eigenvalue weighted by atomic mass is 32.1. The Morgan fingerprint density at radius 3 is 2.87 bits per heavy atom. The summed E-state index contributed by atoms with van der Waals surface area (Å²) < 4.78 is 13.2. The second-order valence-electron chi connectivity index (χ2n) is 5.41. The maximum atomic E-state index is 5.75. The van der Waals surface area contributed by atoms with Crippen molar-refractivity contribution in [3.8, 4) is 22.8 Å². The summed E-state index contributed by atoms with van der Waals surface area (Å²) in [5.41, 5.74) is 4.23. The Hall–Kier alpha value is -2.53. The first-order chi connectivity index (χ1) is 11.3. The van der Waals surface area contributed by atoms with Crippen LogP contribution in [0.1, 0.15) is 17.0 Å². The Morgan fingerprint density at radius 1 is 1.26 bits per heavy atom. The lowest BCUT2D eigenvalue weighted by Crippen LogP contribution is -2.08. The zero-order chi connectivity index (χ0) is 15.8. The number of rotatable bonds is 3. The summed E-state index contributed by atoms with van der Waals surface area (Å²) in [5.74, 6) is 1.80. The van der Waals surface area contributed by atoms with Gasteiger partial charge in [0.15, 0.2) is 0 Å². The lowest BCUT2D eigenvalue weighted by atomic mass is 9.86. The normalized spacial score (nSPS) is 16.0. The van der Waals surface area contributed by atoms with Gasteiger partial charge in [-0.2, -0.15) is 16.4 Å². The molecule has 1 aromatic carbocycles. The third kappa shape index (κ3) is 2.33. The van der Waals surface area contributed by atoms with Gasteiger partial charge < -0.3 is 9.47 Å². The van der Waals surface area contributed by atoms with Gasteiger partial charge in [-0.3, -0.25) is 4.68 Å². The van der Waals surface area contributed by atoms with Gasteiger partial charge in [-0.15, -0.1) is 0 Å². The number of allylic oxidation sites excluding steroid dienone is 1. The highest BCUT2D eigenvalue weighted by Crippen LogP contribution is 2.46. The Bertz CT molecular complexity index is 865. The highest BCUT2D eigenvalue weighted by molar-refractivity contribution is 7.08. The molecule has 4 rings (SSSR count). The Balaban J connectivity index is 1.98. The number of hydrogen-bond acceptors (Lipinski definition) is 4. The second kappa shape index (κ2) is 5.59. The van der Waals surface area contributed by atoms with Crippen LogP contribution in [0.4, 0.5) is 0 Å². The molecule has 0 N–H and O–H groups in total. The molecular formula is C18H16N2O2S. The molecule has 0 bridgehead atoms. The monoisotopic (exact) mass is 324 g/mol. The topological polar surface area (TPSA) is 36.3 Å². The maximum absolute atomic E-state index is 5.75. The van der Waals surface area contributed by atoms with E-state index in [9.17, 15) is 0 Å². The Kier molecular flexibility index (Phi) is 3.42. The summed E-state index contributed by atoms with van der Waals surface area (Å²) in [7, 11) is 3.60. The van der Waals surface area contributed by atoms with Gasteiger partial charge in [0.25, 0.3) is 0 Å². The molecule has 1 aliphatic rings. The van der Waals surface area contributed by atoms with E-state index in [0.29, 0.717) is 0 Å². The first kappa shape index (κ1) is 14.1. The Morgan fingerprint density at radius 2 is 2.17 bits per heavy atom. The van der Waals surface area contributed by atoms with Crippen molar-refractivity contribution in [3.05, 3.63) is 64.7 Å². The van der Waals surface area contributed by atoms with Gasteiger partial charge in [-0.1, -0.05) is 0 Å². The number of aromatic nitrogens is 2. The van der Waals surface area contributed by atoms with E-state index in [4.69, 9.17) is 9.47 Å². The number of thiophene rings is 1. The molecule has 0 radical (unpaired) electrons. The van der Waals surface area contributed by atoms with Crippen LogP contribution in [0.5, 0.6) is 11.5 Å². The Labute approximate surface area is 138 Å². The van der Waals surface area contributed by atoms with E-state index in [-0.39, 0.29) is 5.92 Å². The van der Waals surface area contributed by atoms with Crippen LogP contribution >= 0.6 is 11.3 Å². The number of ether oxygens (including phenoxy) is 2. The van der Waals surface area contributed by atoms with Crippen LogP contribution in [-0.2, 0) is 7.05 Å². The summed E-state index contributed by atoms with van der Waals surface area (Å²) in [6.45, 7) is 0. The van der Waals surface area contributed by atoms with Crippen molar-refractivity contribution in [3.63, 3.8) is 0 Å². The average molecular weight is 324 g/mol. The number of nitrogens with zero attached hydrogens (tertiary/aromatic N) is 2. The molecule has 0 amide bonds. The van der Waals surface area contributed by atoms with Crippen molar-refractivity contribution in [2.75, 3.05) is 7.11 Å². The van der Waals surface area contributed by atoms with Gasteiger partial charge in [-0.05, 0) is 46.7 Å². The zero-order valence-corrected chi connectivity index (χ0v) is 13.7. The summed E-state index contributed by atoms with van der Waals surface area (Å²) in [4.78, 5) is 0. The van der Waals surface area contributed by atoms with Crippen LogP contribution in [-0.4, -0.2) is 16.9 Å². The zero-order valence-electron chi connectivity index (χ0n) is 12.9. The lowest BCUT2D eigenvalue weighted by Gasteiger charge is -2.24. The fourth-order valence-electron chi connectivity index (χ4n) is 2.99. The number of fused-ring (bicyclic) bond motifs is 1. The van der Waals surface area contributed by atoms with E-state index < -0.39 is 0 Å². The molecule has 0 saturated carbocycles. The van der Waals surface area contributed by atoms with Gasteiger partial charge in [-0.25, -0.2) is 0 Å². The van der Waals surface area contributed by atoms with Gasteiger partial charge >= 0.3 is 0 Å². The van der Waals surface area contributed by atoms with Crippen LogP contribution in [0.15, 0.2) is 53.6 Å². The van der Waals surface area contributed by atoms with Crippen molar-refractivity contribution in [1.82, 2.24) is 9.78 Å². The fourth-order valence-corrected chi connectivity index (χ4v) is 3.69. The quantitative estimate of drug-likeness (QED) is 0.724. The van der Waals surface area contributed by atoms with Crippen molar-refractivity contribution in [2.45, 2.75) is 5.92 Å². The van der Waals surface area contributed by atoms with E-state index >= 15 is 0 Å². The summed E-state index contributed by atoms with van der Waals surface area (Å²) in [6, 6.07) is 8.05. The molecule has 0 saturated heterocycles. The molecule has 116 valence electrons. The molecule has 1 atom stereocenters. The van der Waals surface area contributed by atoms with E-state index in [1.165, 1.54) is 5.56 Å². The molecule has 2 aromatic heterocycles. The standard InChI is InChI=1S/C18H16N2O2S/c1-20-8-5-14(19-20)18-15(21-2)3-4-16-17(18)13(6-9-22-16)12-7-10-23-11-12/h3-11,13H,1-2H3. The summed E-state index contributed by atoms with van der Waals surface area (Å²) in [5, 5.41) is 8.84. The number of aryl methyl sites for hydroxylation is 1. The molecule has 5 heteroatoms. The number of methoxy groups -OCH3 is 1. The predicted molar refractivity (Wildman–Crippen MR) is 91.1 cm³/mol. The molecule has 3 heterocycles. The molecule has 0 aliphatic carbocycles. The van der Waals surface area contributed by atoms with E-state index in [1.807, 2.05) is 31.4 Å². The lowest BCUT2D eigenvalue weighted by molar-refractivity contribution is 0.411. The largest absolute Gasteiger partial charge is 0.496 e. The van der Waals surface area contributed by atoms with Crippen LogP contribution in [0.2, 0.25) is 0 Å². The van der Waals surface area contributed by atoms with Crippen molar-refractivity contribution in [2.24, 2.45) is 7.05 Å². The maximum Gasteiger partial charge on any atom is 0.131 e. The summed E-state index contributed by atoms with van der Waals surface area (Å²) >= 11 is 1.70. The van der Waals surface area contributed by atoms with Crippen LogP contribution in [0.25, 0.3) is 11.3 Å². The number of benzene rings is 1. The van der Waals surface area contributed by atoms with E-state index in [0.717, 1.165) is 28.3 Å². The third-order valence-electron chi connectivity index (χ3n) is 4.04. The predicted octanol–water partition coefficient (Wildman–Crippen LogP) is 4.20. The minimum atomic E-state index is 0.136. The molecule has 0 spiro atoms. The SMILES string of the molecule is COc1ccc2c(c1-c1ccn(C)n1)C(c1ccsc1)C=CO2. The second-order valence-corrected chi connectivity index (χ2v) is 6.19.